The molecule has 0 radical (unpaired) electrons. The molecule has 37 nitrogen and oxygen atoms in total. The van der Waals surface area contributed by atoms with E-state index in [1.165, 1.54) is 11.0 Å². The molecule has 0 spiro atoms. The van der Waals surface area contributed by atoms with Crippen molar-refractivity contribution in [2.75, 3.05) is 102 Å². The Bertz CT molecular complexity index is 4350. The Labute approximate surface area is 782 Å². The molecule has 1 aliphatic heterocycles. The third-order valence-corrected chi connectivity index (χ3v) is 26.6. The minimum Gasteiger partial charge on any atom is -0.481 e. The van der Waals surface area contributed by atoms with Crippen molar-refractivity contribution in [1.82, 2.24) is 41.8 Å². The van der Waals surface area contributed by atoms with Crippen molar-refractivity contribution in [3.8, 4) is 0 Å². The third-order valence-electron chi connectivity index (χ3n) is 23.8. The molecular formula is C94H139N12O25PS. The molecule has 0 bridgehead atoms. The quantitative estimate of drug-likeness (QED) is 0.0112. The van der Waals surface area contributed by atoms with E-state index in [0.717, 1.165) is 36.2 Å². The maximum Gasteiger partial charge on any atom is 0.356 e. The van der Waals surface area contributed by atoms with E-state index in [-0.39, 0.29) is 271 Å². The number of aliphatic carboxylic acids is 1. The summed E-state index contributed by atoms with van der Waals surface area (Å²) in [6.07, 6.45) is 14.9. The molecule has 39 heteroatoms. The summed E-state index contributed by atoms with van der Waals surface area (Å²) in [7, 11) is -4.69. The smallest absolute Gasteiger partial charge is 0.356 e. The highest BCUT2D eigenvalue weighted by Crippen LogP contribution is 2.51. The fourth-order valence-corrected chi connectivity index (χ4v) is 17.4. The Morgan fingerprint density at radius 2 is 1.26 bits per heavy atom. The topological polar surface area (TPSA) is 572 Å². The second kappa shape index (κ2) is 61.2. The van der Waals surface area contributed by atoms with Crippen LogP contribution in [0, 0.1) is 30.1 Å². The molecule has 1 aromatic heterocycles. The van der Waals surface area contributed by atoms with Crippen molar-refractivity contribution in [3.63, 3.8) is 0 Å². The van der Waals surface area contributed by atoms with Gasteiger partial charge in [0.05, 0.1) is 62.4 Å². The molecule has 2 aliphatic carbocycles. The zero-order valence-electron chi connectivity index (χ0n) is 76.8. The summed E-state index contributed by atoms with van der Waals surface area (Å²) in [4.78, 5) is 232. The van der Waals surface area contributed by atoms with Crippen LogP contribution in [0.4, 0.5) is 16.2 Å². The van der Waals surface area contributed by atoms with Gasteiger partial charge < -0.3 is 92.9 Å². The number of hydrogen-bond acceptors (Lipinski definition) is 25. The first-order valence-corrected chi connectivity index (χ1v) is 49.2. The van der Waals surface area contributed by atoms with Crippen LogP contribution in [0.25, 0.3) is 6.08 Å². The zero-order chi connectivity index (χ0) is 97.0. The predicted molar refractivity (Wildman–Crippen MR) is 497 cm³/mol. The van der Waals surface area contributed by atoms with Gasteiger partial charge in [-0.1, -0.05) is 62.1 Å². The number of urea groups is 1. The predicted octanol–water partition coefficient (Wildman–Crippen LogP) is 7.63. The Morgan fingerprint density at radius 1 is 0.632 bits per heavy atom. The minimum atomic E-state index is -4.69. The van der Waals surface area contributed by atoms with E-state index in [4.69, 9.17) is 30.4 Å². The van der Waals surface area contributed by atoms with Gasteiger partial charge >= 0.3 is 19.6 Å². The van der Waals surface area contributed by atoms with Gasteiger partial charge in [-0.05, 0) is 182 Å². The Balaban J connectivity index is 0.761. The van der Waals surface area contributed by atoms with Gasteiger partial charge in [0.15, 0.2) is 11.1 Å². The van der Waals surface area contributed by atoms with Gasteiger partial charge in [0.1, 0.15) is 29.2 Å². The number of primary amides is 1. The van der Waals surface area contributed by atoms with Gasteiger partial charge in [0, 0.05) is 170 Å². The maximum absolute atomic E-state index is 14.6. The molecule has 16 N–H and O–H groups in total. The first-order valence-electron chi connectivity index (χ1n) is 46.5. The fourth-order valence-electron chi connectivity index (χ4n) is 15.9. The number of para-hydroxylation sites is 1. The van der Waals surface area contributed by atoms with Crippen molar-refractivity contribution in [1.29, 1.82) is 0 Å². The number of hydrogen-bond donors (Lipinski definition) is 14. The number of nitrogens with zero attached hydrogens (tertiary/aromatic N) is 2. The highest BCUT2D eigenvalue weighted by Gasteiger charge is 2.45. The SMILES string of the molecule is Cc1ccccc1NC(=O)Nc1ccc(CC(=O)C[C@@H](CCCCNC(=O)/C=C/c2cccnc2)C(=O)N[C@@H](CCCC(=O)O)C(=O)CC2(C(=O)NCCOCCOCCCC(=O)CCC(=O)NCCOCCOCCCC(=O)CCC(=O)N[C@@H](CCCCNC(=O)[C@H](N)CSC3CC(=O)N(CC4CCC(C(=O)CCCCC(C)(O)P(=O)(O)O)CC4)C3=O)C(N)=O)CCCCC2)cc1. The molecule has 2 heterocycles. The number of anilines is 2. The van der Waals surface area contributed by atoms with Crippen molar-refractivity contribution in [2.24, 2.45) is 34.6 Å². The number of ketones is 5. The molecule has 3 fully saturated rings. The molecule has 2 unspecified atom stereocenters. The standard InChI is InChI=1S/C94H139N12O25PS/c1-65-18-4-5-23-76(65)105-92(123)102-71-35-30-66(31-36-71)58-74(109)59-70(20-7-12-46-98-82(112)39-32-67-19-15-45-97-62-67)88(119)104-77(25-14-27-86(116)117)80(111)61-94(43-9-3-10-44-94)91(122)101-49-53-131-57-55-129-50-16-21-72(107)37-40-83(113)99-48-52-130-56-54-128-51-17-22-73(108)38-41-84(114)103-78(87(96)118)24-8-13-47-100-89(120)75(95)64-133-81-60-85(115)106(90(81)121)63-68-28-33-69(34-29-68)79(110)26-6-11-42-93(2,124)132(125,126)127/h4-5,15,18-19,23,30-32,35-36,39,45,62,68-70,75,77-78,81,124H,3,6-14,16-17,20-22,24-29,33-34,37-38,40-44,46-61,63-64,95H2,1-2H3,(H2,96,118)(H,98,112)(H,99,113)(H,100,120)(H,101,122)(H,103,114)(H,104,119)(H,116,117)(H2,102,105,123)(H2,125,126,127)/b39-32+/t68?,69?,70-,75-,77+,78+,81?,93?/m1/s1. The average Bonchev–Trinajstić information content (AvgIpc) is 1.74. The van der Waals surface area contributed by atoms with E-state index in [2.05, 4.69) is 47.5 Å². The van der Waals surface area contributed by atoms with Crippen molar-refractivity contribution in [3.05, 3.63) is 95.8 Å². The number of Topliss-reactive ketones (excluding diaryl/α,β-unsaturated/α-hetero) is 5. The van der Waals surface area contributed by atoms with Crippen LogP contribution < -0.4 is 54.0 Å². The summed E-state index contributed by atoms with van der Waals surface area (Å²) in [6, 6.07) is 14.0. The zero-order valence-corrected chi connectivity index (χ0v) is 78.5. The third kappa shape index (κ3) is 44.4. The number of carbonyl (C=O) groups is 16. The van der Waals surface area contributed by atoms with Gasteiger partial charge in [-0.3, -0.25) is 86.4 Å². The van der Waals surface area contributed by atoms with Crippen LogP contribution in [0.5, 0.6) is 0 Å². The number of rotatable bonds is 69. The number of aryl methyl sites for hydroxylation is 1. The largest absolute Gasteiger partial charge is 0.481 e. The number of amides is 11. The van der Waals surface area contributed by atoms with E-state index in [0.29, 0.717) is 113 Å². The molecular weight excluding hydrogens is 1760 g/mol. The summed E-state index contributed by atoms with van der Waals surface area (Å²) in [5, 5.41) is 39.0. The van der Waals surface area contributed by atoms with Crippen LogP contribution in [-0.4, -0.2) is 244 Å². The molecule has 6 atom stereocenters. The van der Waals surface area contributed by atoms with Crippen LogP contribution in [0.3, 0.4) is 0 Å². The number of nitrogens with one attached hydrogen (secondary N) is 8. The molecule has 6 rings (SSSR count). The first-order chi connectivity index (χ1) is 63.6. The lowest BCUT2D eigenvalue weighted by molar-refractivity contribution is -0.140. The molecule has 2 saturated carbocycles. The molecule has 133 heavy (non-hydrogen) atoms. The van der Waals surface area contributed by atoms with Crippen molar-refractivity contribution >= 4 is 131 Å². The number of thioether (sulfide) groups is 1. The number of nitrogens with two attached hydrogens (primary N) is 2. The number of unbranched alkanes of at least 4 members (excludes halogenated alkanes) is 3. The lowest BCUT2D eigenvalue weighted by Gasteiger charge is -2.36. The van der Waals surface area contributed by atoms with Crippen LogP contribution in [-0.2, 0) is 102 Å². The number of benzene rings is 2. The summed E-state index contributed by atoms with van der Waals surface area (Å²) < 4.78 is 33.9. The normalized spacial score (nSPS) is 16.9. The number of likely N-dealkylation sites (tertiary alicyclic amines) is 1. The molecule has 736 valence electrons. The van der Waals surface area contributed by atoms with Crippen molar-refractivity contribution < 1.29 is 120 Å². The highest BCUT2D eigenvalue weighted by atomic mass is 32.2. The Morgan fingerprint density at radius 3 is 1.89 bits per heavy atom. The van der Waals surface area contributed by atoms with E-state index >= 15 is 0 Å². The number of pyridine rings is 1. The summed E-state index contributed by atoms with van der Waals surface area (Å²) in [6.45, 7) is 5.70. The summed E-state index contributed by atoms with van der Waals surface area (Å²) in [5.41, 5.74) is 14.0. The number of carbonyl (C=O) groups excluding carboxylic acids is 15. The minimum absolute atomic E-state index is 0.000159. The maximum atomic E-state index is 14.6. The van der Waals surface area contributed by atoms with Crippen LogP contribution >= 0.6 is 19.4 Å². The summed E-state index contributed by atoms with van der Waals surface area (Å²) >= 11 is 1.13. The number of aromatic nitrogens is 1. The van der Waals surface area contributed by atoms with Crippen molar-refractivity contribution in [2.45, 2.75) is 261 Å². The summed E-state index contributed by atoms with van der Waals surface area (Å²) in [5.74, 6) is -6.99. The molecule has 1 saturated heterocycles. The van der Waals surface area contributed by atoms with E-state index in [9.17, 15) is 101 Å². The highest BCUT2D eigenvalue weighted by molar-refractivity contribution is 8.00. The lowest BCUT2D eigenvalue weighted by Crippen LogP contribution is -2.49. The number of ether oxygens (including phenoxy) is 4. The van der Waals surface area contributed by atoms with Crippen LogP contribution in [0.2, 0.25) is 0 Å². The van der Waals surface area contributed by atoms with E-state index < -0.39 is 89.1 Å². The van der Waals surface area contributed by atoms with Gasteiger partial charge in [0.25, 0.3) is 0 Å². The monoisotopic (exact) mass is 1900 g/mol. The van der Waals surface area contributed by atoms with E-state index in [1.54, 1.807) is 60.9 Å². The van der Waals surface area contributed by atoms with Crippen LogP contribution in [0.1, 0.15) is 236 Å². The van der Waals surface area contributed by atoms with Gasteiger partial charge in [0.2, 0.25) is 53.2 Å². The second-order valence-corrected chi connectivity index (χ2v) is 38.0. The Hall–Kier alpha value is -9.89. The number of aliphatic hydroxyl groups is 1. The fraction of sp³-hybridized carbons (Fsp3) is 0.628. The number of carboxylic acids is 1. The molecule has 3 aliphatic rings. The van der Waals surface area contributed by atoms with Gasteiger partial charge in [-0.25, -0.2) is 4.79 Å². The van der Waals surface area contributed by atoms with E-state index in [1.807, 2.05) is 25.1 Å². The van der Waals surface area contributed by atoms with Gasteiger partial charge in [-0.2, -0.15) is 0 Å². The van der Waals surface area contributed by atoms with Gasteiger partial charge in [-0.15, -0.1) is 11.8 Å². The molecule has 3 aromatic rings. The molecule has 11 amide bonds. The Kier molecular flexibility index (Phi) is 51.4. The average molecular weight is 1900 g/mol. The number of carboxylic acid groups (broad SMARTS) is 1. The second-order valence-electron chi connectivity index (χ2n) is 34.7. The first kappa shape index (κ1) is 112. The number of imide groups is 1. The van der Waals surface area contributed by atoms with Crippen LogP contribution in [0.15, 0.2) is 79.1 Å². The molecule has 2 aromatic carbocycles. The lowest BCUT2D eigenvalue weighted by atomic mass is 9.69.